The fraction of sp³-hybridized carbons (Fsp3) is 0.368. The first-order chi connectivity index (χ1) is 11.6. The van der Waals surface area contributed by atoms with Crippen molar-refractivity contribution in [2.24, 2.45) is 5.92 Å². The Labute approximate surface area is 140 Å². The molecule has 0 spiro atoms. The van der Waals surface area contributed by atoms with Crippen LogP contribution >= 0.6 is 0 Å². The maximum atomic E-state index is 13.7. The first-order valence-corrected chi connectivity index (χ1v) is 8.26. The van der Waals surface area contributed by atoms with Crippen molar-refractivity contribution < 1.29 is 13.6 Å². The normalized spacial score (nSPS) is 17.8. The molecule has 5 heteroatoms. The summed E-state index contributed by atoms with van der Waals surface area (Å²) in [6.45, 7) is 1.44. The van der Waals surface area contributed by atoms with Crippen LogP contribution < -0.4 is 0 Å². The van der Waals surface area contributed by atoms with Crippen LogP contribution in [0.4, 0.5) is 8.78 Å². The number of rotatable bonds is 4. The third kappa shape index (κ3) is 3.96. The fourth-order valence-corrected chi connectivity index (χ4v) is 3.25. The van der Waals surface area contributed by atoms with E-state index in [1.807, 2.05) is 4.90 Å². The molecular weight excluding hydrogens is 310 g/mol. The number of hydrogen-bond donors (Lipinski definition) is 0. The summed E-state index contributed by atoms with van der Waals surface area (Å²) >= 11 is 0. The summed E-state index contributed by atoms with van der Waals surface area (Å²) in [5.41, 5.74) is 1.18. The van der Waals surface area contributed by atoms with Crippen molar-refractivity contribution in [3.05, 3.63) is 65.5 Å². The molecule has 1 saturated heterocycles. The Bertz CT molecular complexity index is 706. The van der Waals surface area contributed by atoms with Crippen LogP contribution in [-0.4, -0.2) is 28.9 Å². The van der Waals surface area contributed by atoms with Gasteiger partial charge in [-0.15, -0.1) is 0 Å². The van der Waals surface area contributed by atoms with E-state index in [9.17, 15) is 13.6 Å². The first-order valence-electron chi connectivity index (χ1n) is 8.26. The Kier molecular flexibility index (Phi) is 5.18. The molecule has 1 aromatic carbocycles. The number of amides is 1. The number of carbonyl (C=O) groups excluding carboxylic acids is 1. The number of piperidine rings is 1. The van der Waals surface area contributed by atoms with Crippen LogP contribution in [0.1, 0.15) is 35.2 Å². The molecule has 126 valence electrons. The topological polar surface area (TPSA) is 33.2 Å². The zero-order chi connectivity index (χ0) is 16.9. The van der Waals surface area contributed by atoms with E-state index < -0.39 is 11.6 Å². The van der Waals surface area contributed by atoms with Gasteiger partial charge in [-0.05, 0) is 55.4 Å². The smallest absolute Gasteiger partial charge is 0.253 e. The van der Waals surface area contributed by atoms with Crippen LogP contribution in [0.5, 0.6) is 0 Å². The fourth-order valence-electron chi connectivity index (χ4n) is 3.25. The van der Waals surface area contributed by atoms with E-state index in [0.717, 1.165) is 31.9 Å². The zero-order valence-corrected chi connectivity index (χ0v) is 13.4. The molecule has 0 saturated carbocycles. The molecule has 24 heavy (non-hydrogen) atoms. The SMILES string of the molecule is O=C(c1ccncc1)N1CCC[C@H](CCc2ccc(F)cc2F)C1. The Morgan fingerprint density at radius 3 is 2.75 bits per heavy atom. The number of pyridine rings is 1. The third-order valence-corrected chi connectivity index (χ3v) is 4.57. The molecule has 0 radical (unpaired) electrons. The molecular formula is C19H20F2N2O. The number of aromatic nitrogens is 1. The summed E-state index contributed by atoms with van der Waals surface area (Å²) in [5.74, 6) is -0.678. The molecule has 1 atom stereocenters. The van der Waals surface area contributed by atoms with Gasteiger partial charge in [0.15, 0.2) is 0 Å². The molecule has 0 aliphatic carbocycles. The molecule has 1 fully saturated rings. The number of hydrogen-bond acceptors (Lipinski definition) is 2. The Morgan fingerprint density at radius 1 is 1.21 bits per heavy atom. The van der Waals surface area contributed by atoms with Crippen LogP contribution in [0.25, 0.3) is 0 Å². The largest absolute Gasteiger partial charge is 0.338 e. The van der Waals surface area contributed by atoms with Crippen molar-refractivity contribution in [1.29, 1.82) is 0 Å². The van der Waals surface area contributed by atoms with E-state index in [-0.39, 0.29) is 5.91 Å². The molecule has 2 aromatic rings. The second-order valence-electron chi connectivity index (χ2n) is 6.27. The predicted octanol–water partition coefficient (Wildman–Crippen LogP) is 3.84. The quantitative estimate of drug-likeness (QED) is 0.853. The molecule has 0 unspecified atom stereocenters. The molecule has 1 aliphatic rings. The number of aryl methyl sites for hydroxylation is 1. The van der Waals surface area contributed by atoms with Gasteiger partial charge in [-0.2, -0.15) is 0 Å². The van der Waals surface area contributed by atoms with Crippen LogP contribution in [0, 0.1) is 17.6 Å². The van der Waals surface area contributed by atoms with Crippen molar-refractivity contribution in [2.75, 3.05) is 13.1 Å². The van der Waals surface area contributed by atoms with Gasteiger partial charge in [0, 0.05) is 37.1 Å². The summed E-state index contributed by atoms with van der Waals surface area (Å²) in [4.78, 5) is 18.3. The lowest BCUT2D eigenvalue weighted by Crippen LogP contribution is -2.40. The van der Waals surface area contributed by atoms with E-state index in [1.165, 1.54) is 12.1 Å². The lowest BCUT2D eigenvalue weighted by molar-refractivity contribution is 0.0668. The highest BCUT2D eigenvalue weighted by Crippen LogP contribution is 2.23. The van der Waals surface area contributed by atoms with E-state index in [4.69, 9.17) is 0 Å². The highest BCUT2D eigenvalue weighted by Gasteiger charge is 2.24. The van der Waals surface area contributed by atoms with Crippen molar-refractivity contribution >= 4 is 5.91 Å². The van der Waals surface area contributed by atoms with Crippen molar-refractivity contribution in [2.45, 2.75) is 25.7 Å². The number of halogens is 2. The molecule has 1 aromatic heterocycles. The highest BCUT2D eigenvalue weighted by atomic mass is 19.1. The average Bonchev–Trinajstić information content (AvgIpc) is 2.61. The van der Waals surface area contributed by atoms with Gasteiger partial charge in [0.25, 0.3) is 5.91 Å². The first kappa shape index (κ1) is 16.6. The van der Waals surface area contributed by atoms with Gasteiger partial charge in [0.2, 0.25) is 0 Å². The maximum Gasteiger partial charge on any atom is 0.253 e. The van der Waals surface area contributed by atoms with Gasteiger partial charge < -0.3 is 4.90 Å². The highest BCUT2D eigenvalue weighted by molar-refractivity contribution is 5.94. The van der Waals surface area contributed by atoms with Crippen molar-refractivity contribution in [3.8, 4) is 0 Å². The van der Waals surface area contributed by atoms with E-state index in [0.29, 0.717) is 30.0 Å². The molecule has 0 bridgehead atoms. The third-order valence-electron chi connectivity index (χ3n) is 4.57. The van der Waals surface area contributed by atoms with E-state index in [1.54, 1.807) is 24.5 Å². The molecule has 3 rings (SSSR count). The van der Waals surface area contributed by atoms with Crippen LogP contribution in [-0.2, 0) is 6.42 Å². The van der Waals surface area contributed by atoms with Gasteiger partial charge in [-0.25, -0.2) is 8.78 Å². The van der Waals surface area contributed by atoms with E-state index >= 15 is 0 Å². The Balaban J connectivity index is 1.58. The number of carbonyl (C=O) groups is 1. The lowest BCUT2D eigenvalue weighted by atomic mass is 9.91. The van der Waals surface area contributed by atoms with Gasteiger partial charge >= 0.3 is 0 Å². The summed E-state index contributed by atoms with van der Waals surface area (Å²) in [6, 6.07) is 7.17. The molecule has 1 amide bonds. The molecule has 2 heterocycles. The number of nitrogens with zero attached hydrogens (tertiary/aromatic N) is 2. The summed E-state index contributed by atoms with van der Waals surface area (Å²) in [5, 5.41) is 0. The summed E-state index contributed by atoms with van der Waals surface area (Å²) in [6.07, 6.45) is 6.57. The monoisotopic (exact) mass is 330 g/mol. The van der Waals surface area contributed by atoms with Crippen molar-refractivity contribution in [1.82, 2.24) is 9.88 Å². The van der Waals surface area contributed by atoms with E-state index in [2.05, 4.69) is 4.98 Å². The minimum Gasteiger partial charge on any atom is -0.338 e. The molecule has 1 aliphatic heterocycles. The minimum absolute atomic E-state index is 0.0232. The lowest BCUT2D eigenvalue weighted by Gasteiger charge is -2.33. The maximum absolute atomic E-state index is 13.7. The summed E-state index contributed by atoms with van der Waals surface area (Å²) < 4.78 is 26.7. The van der Waals surface area contributed by atoms with Crippen LogP contribution in [0.2, 0.25) is 0 Å². The van der Waals surface area contributed by atoms with Gasteiger partial charge in [0.1, 0.15) is 11.6 Å². The van der Waals surface area contributed by atoms with Crippen molar-refractivity contribution in [3.63, 3.8) is 0 Å². The van der Waals surface area contributed by atoms with Gasteiger partial charge in [-0.3, -0.25) is 9.78 Å². The zero-order valence-electron chi connectivity index (χ0n) is 13.4. The molecule has 3 nitrogen and oxygen atoms in total. The Morgan fingerprint density at radius 2 is 2.00 bits per heavy atom. The molecule has 0 N–H and O–H groups in total. The number of benzene rings is 1. The standard InChI is InChI=1S/C19H20F2N2O/c20-17-6-5-15(18(21)12-17)4-3-14-2-1-11-23(13-14)19(24)16-7-9-22-10-8-16/h5-10,12,14H,1-4,11,13H2/t14-/m1/s1. The average molecular weight is 330 g/mol. The predicted molar refractivity (Wildman–Crippen MR) is 87.5 cm³/mol. The second-order valence-corrected chi connectivity index (χ2v) is 6.27. The minimum atomic E-state index is -0.553. The second kappa shape index (κ2) is 7.51. The van der Waals surface area contributed by atoms with Crippen LogP contribution in [0.3, 0.4) is 0 Å². The van der Waals surface area contributed by atoms with Crippen LogP contribution in [0.15, 0.2) is 42.7 Å². The van der Waals surface area contributed by atoms with Gasteiger partial charge in [0.05, 0.1) is 0 Å². The number of likely N-dealkylation sites (tertiary alicyclic amines) is 1. The Hall–Kier alpha value is -2.30. The summed E-state index contributed by atoms with van der Waals surface area (Å²) in [7, 11) is 0. The van der Waals surface area contributed by atoms with Gasteiger partial charge in [-0.1, -0.05) is 6.07 Å².